The van der Waals surface area contributed by atoms with Crippen molar-refractivity contribution < 1.29 is 4.39 Å². The van der Waals surface area contributed by atoms with Crippen LogP contribution in [-0.2, 0) is 0 Å². The lowest BCUT2D eigenvalue weighted by Gasteiger charge is -2.13. The maximum Gasteiger partial charge on any atom is 0.131 e. The summed E-state index contributed by atoms with van der Waals surface area (Å²) in [4.78, 5) is 4.67. The molecule has 0 aliphatic heterocycles. The largest absolute Gasteiger partial charge is 0.256 e. The first-order valence-corrected chi connectivity index (χ1v) is 8.51. The average molecular weight is 329 g/mol. The van der Waals surface area contributed by atoms with Crippen molar-refractivity contribution in [3.05, 3.63) is 76.7 Å². The third kappa shape index (κ3) is 2.58. The SMILES string of the molecule is Cc1cc(C)cc(-c2nccc3cc(F)c4cc(C)c(C)cc4c23)c1. The first-order chi connectivity index (χ1) is 11.9. The molecule has 4 rings (SSSR count). The molecule has 25 heavy (non-hydrogen) atoms. The van der Waals surface area contributed by atoms with Crippen molar-refractivity contribution in [3.8, 4) is 11.3 Å². The van der Waals surface area contributed by atoms with Crippen LogP contribution in [0.25, 0.3) is 32.8 Å². The number of pyridine rings is 1. The van der Waals surface area contributed by atoms with E-state index < -0.39 is 0 Å². The van der Waals surface area contributed by atoms with Crippen LogP contribution < -0.4 is 0 Å². The zero-order valence-electron chi connectivity index (χ0n) is 14.9. The summed E-state index contributed by atoms with van der Waals surface area (Å²) in [7, 11) is 0. The number of rotatable bonds is 1. The van der Waals surface area contributed by atoms with Crippen molar-refractivity contribution in [3.63, 3.8) is 0 Å². The summed E-state index contributed by atoms with van der Waals surface area (Å²) in [6.07, 6.45) is 1.77. The Morgan fingerprint density at radius 1 is 0.760 bits per heavy atom. The van der Waals surface area contributed by atoms with E-state index >= 15 is 0 Å². The Morgan fingerprint density at radius 3 is 2.08 bits per heavy atom. The first-order valence-electron chi connectivity index (χ1n) is 8.51. The molecule has 1 aromatic heterocycles. The minimum Gasteiger partial charge on any atom is -0.256 e. The molecular formula is C23H20FN. The Bertz CT molecular complexity index is 1120. The van der Waals surface area contributed by atoms with E-state index in [2.05, 4.69) is 50.0 Å². The fourth-order valence-corrected chi connectivity index (χ4v) is 3.65. The van der Waals surface area contributed by atoms with Crippen LogP contribution in [0.4, 0.5) is 4.39 Å². The van der Waals surface area contributed by atoms with Crippen LogP contribution in [0.5, 0.6) is 0 Å². The fourth-order valence-electron chi connectivity index (χ4n) is 3.65. The normalized spacial score (nSPS) is 11.4. The lowest BCUT2D eigenvalue weighted by Crippen LogP contribution is -1.93. The van der Waals surface area contributed by atoms with Crippen LogP contribution >= 0.6 is 0 Å². The highest BCUT2D eigenvalue weighted by molar-refractivity contribution is 6.13. The molecule has 0 N–H and O–H groups in total. The number of benzene rings is 3. The fraction of sp³-hybridized carbons (Fsp3) is 0.174. The molecule has 1 nitrogen and oxygen atoms in total. The molecule has 0 saturated carbocycles. The van der Waals surface area contributed by atoms with E-state index in [1.807, 2.05) is 19.1 Å². The van der Waals surface area contributed by atoms with Gasteiger partial charge < -0.3 is 0 Å². The second kappa shape index (κ2) is 5.66. The van der Waals surface area contributed by atoms with Gasteiger partial charge in [-0.3, -0.25) is 4.98 Å². The quantitative estimate of drug-likeness (QED) is 0.367. The minimum atomic E-state index is -0.178. The number of fused-ring (bicyclic) bond motifs is 3. The second-order valence-electron chi connectivity index (χ2n) is 6.97. The molecule has 0 bridgehead atoms. The summed E-state index contributed by atoms with van der Waals surface area (Å²) in [5.74, 6) is -0.178. The molecule has 3 aromatic carbocycles. The molecule has 0 atom stereocenters. The Morgan fingerprint density at radius 2 is 1.40 bits per heavy atom. The summed E-state index contributed by atoms with van der Waals surface area (Å²) in [6.45, 7) is 8.27. The van der Waals surface area contributed by atoms with E-state index in [1.54, 1.807) is 12.3 Å². The maximum absolute atomic E-state index is 14.7. The summed E-state index contributed by atoms with van der Waals surface area (Å²) >= 11 is 0. The molecule has 0 unspecified atom stereocenters. The molecule has 2 heteroatoms. The Labute approximate surface area is 147 Å². The van der Waals surface area contributed by atoms with Gasteiger partial charge in [-0.25, -0.2) is 4.39 Å². The van der Waals surface area contributed by atoms with Crippen molar-refractivity contribution in [2.75, 3.05) is 0 Å². The third-order valence-corrected chi connectivity index (χ3v) is 4.92. The van der Waals surface area contributed by atoms with E-state index in [4.69, 9.17) is 0 Å². The van der Waals surface area contributed by atoms with Gasteiger partial charge in [0.05, 0.1) is 5.69 Å². The monoisotopic (exact) mass is 329 g/mol. The van der Waals surface area contributed by atoms with Crippen molar-refractivity contribution in [2.24, 2.45) is 0 Å². The predicted molar refractivity (Wildman–Crippen MR) is 104 cm³/mol. The highest BCUT2D eigenvalue weighted by Gasteiger charge is 2.14. The molecule has 124 valence electrons. The predicted octanol–water partition coefficient (Wildman–Crippen LogP) is 6.43. The molecule has 4 aromatic rings. The Kier molecular flexibility index (Phi) is 3.57. The standard InChI is InChI=1S/C23H20FN/c1-13-7-14(2)9-18(8-13)23-22-17(5-6-25-23)12-21(24)19-10-15(3)16(4)11-20(19)22/h5-12H,1-4H3. The number of nitrogens with zero attached hydrogens (tertiary/aromatic N) is 1. The van der Waals surface area contributed by atoms with Gasteiger partial charge in [-0.05, 0) is 79.9 Å². The number of aryl methyl sites for hydroxylation is 4. The molecule has 0 radical (unpaired) electrons. The van der Waals surface area contributed by atoms with Gasteiger partial charge in [0.15, 0.2) is 0 Å². The highest BCUT2D eigenvalue weighted by Crippen LogP contribution is 2.36. The summed E-state index contributed by atoms with van der Waals surface area (Å²) in [6, 6.07) is 14.0. The highest BCUT2D eigenvalue weighted by atomic mass is 19.1. The maximum atomic E-state index is 14.7. The molecule has 0 fully saturated rings. The molecule has 0 aliphatic rings. The van der Waals surface area contributed by atoms with Crippen LogP contribution in [0.2, 0.25) is 0 Å². The molecule has 0 aliphatic carbocycles. The number of aromatic nitrogens is 1. The van der Waals surface area contributed by atoms with Gasteiger partial charge in [0.2, 0.25) is 0 Å². The zero-order chi connectivity index (χ0) is 17.7. The van der Waals surface area contributed by atoms with E-state index in [0.717, 1.165) is 38.5 Å². The number of halogens is 1. The lowest BCUT2D eigenvalue weighted by atomic mass is 9.94. The first kappa shape index (κ1) is 15.8. The van der Waals surface area contributed by atoms with E-state index in [-0.39, 0.29) is 5.82 Å². The topological polar surface area (TPSA) is 12.9 Å². The average Bonchev–Trinajstić information content (AvgIpc) is 2.55. The van der Waals surface area contributed by atoms with Gasteiger partial charge >= 0.3 is 0 Å². The van der Waals surface area contributed by atoms with Crippen LogP contribution in [0, 0.1) is 33.5 Å². The molecule has 0 spiro atoms. The molecular weight excluding hydrogens is 309 g/mol. The Hall–Kier alpha value is -2.74. The third-order valence-electron chi connectivity index (χ3n) is 4.92. The van der Waals surface area contributed by atoms with Crippen LogP contribution in [0.1, 0.15) is 22.3 Å². The van der Waals surface area contributed by atoms with Gasteiger partial charge in [0.25, 0.3) is 0 Å². The van der Waals surface area contributed by atoms with E-state index in [9.17, 15) is 4.39 Å². The minimum absolute atomic E-state index is 0.178. The smallest absolute Gasteiger partial charge is 0.131 e. The summed E-state index contributed by atoms with van der Waals surface area (Å²) in [5.41, 5.74) is 6.66. The van der Waals surface area contributed by atoms with Crippen molar-refractivity contribution in [2.45, 2.75) is 27.7 Å². The lowest BCUT2D eigenvalue weighted by molar-refractivity contribution is 0.641. The van der Waals surface area contributed by atoms with Crippen molar-refractivity contribution in [1.29, 1.82) is 0 Å². The van der Waals surface area contributed by atoms with Gasteiger partial charge in [0, 0.05) is 22.5 Å². The number of hydrogen-bond acceptors (Lipinski definition) is 1. The van der Waals surface area contributed by atoms with Gasteiger partial charge in [-0.15, -0.1) is 0 Å². The molecule has 0 saturated heterocycles. The van der Waals surface area contributed by atoms with Gasteiger partial charge in [-0.1, -0.05) is 23.3 Å². The summed E-state index contributed by atoms with van der Waals surface area (Å²) < 4.78 is 14.7. The van der Waals surface area contributed by atoms with Gasteiger partial charge in [-0.2, -0.15) is 0 Å². The van der Waals surface area contributed by atoms with Crippen LogP contribution in [0.3, 0.4) is 0 Å². The van der Waals surface area contributed by atoms with Crippen LogP contribution in [0.15, 0.2) is 48.7 Å². The van der Waals surface area contributed by atoms with E-state index in [1.165, 1.54) is 11.1 Å². The zero-order valence-corrected chi connectivity index (χ0v) is 14.9. The number of hydrogen-bond donors (Lipinski definition) is 0. The summed E-state index contributed by atoms with van der Waals surface area (Å²) in [5, 5.41) is 3.50. The van der Waals surface area contributed by atoms with Gasteiger partial charge in [0.1, 0.15) is 5.82 Å². The molecule has 0 amide bonds. The second-order valence-corrected chi connectivity index (χ2v) is 6.97. The van der Waals surface area contributed by atoms with E-state index in [0.29, 0.717) is 5.39 Å². The van der Waals surface area contributed by atoms with Crippen molar-refractivity contribution in [1.82, 2.24) is 4.98 Å². The van der Waals surface area contributed by atoms with Crippen LogP contribution in [-0.4, -0.2) is 4.98 Å². The molecule has 1 heterocycles. The van der Waals surface area contributed by atoms with Crippen molar-refractivity contribution >= 4 is 21.5 Å². The Balaban J connectivity index is 2.19.